The molecule has 8 aromatic heterocycles. The topological polar surface area (TPSA) is 87.2 Å². The van der Waals surface area contributed by atoms with Gasteiger partial charge in [0.05, 0.1) is 33.5 Å². The zero-order chi connectivity index (χ0) is 74.6. The standard InChI is InChI=1S/C53H32N4S.C50H32N4S/c1-3-15-33(16-4-1)36-29-37(34-17-5-2-6-18-34)31-38(30-36)49-44-25-14-28-54-53(44)56-52(55-49)35-19-13-20-39(32-35)57-45-26-11-9-23-42(45)48-50(57)41-22-8-7-21-40(41)47-43-24-10-12-27-46(43)58-51(47)48;1-50(2)39-21-8-5-15-32(39)33-25-24-29(28-40(33)50)45-38-20-12-26-51-49(38)53-48(52-45)30-13-11-14-31(27-30)54-41-22-9-6-18-36(41)44-46(54)35-17-4-3-16-34(35)43-37-19-7-10-23-42(37)55-47(43)44/h1-32H;3-28H,1-2H3. The van der Waals surface area contributed by atoms with Crippen molar-refractivity contribution in [3.05, 3.63) is 363 Å². The Balaban J connectivity index is 0.000000135. The van der Waals surface area contributed by atoms with E-state index >= 15 is 0 Å². The molecule has 8 nitrogen and oxygen atoms in total. The maximum atomic E-state index is 5.41. The number of hydrogen-bond donors (Lipinski definition) is 0. The molecule has 24 rings (SSSR count). The molecule has 113 heavy (non-hydrogen) atoms. The summed E-state index contributed by atoms with van der Waals surface area (Å²) in [4.78, 5) is 30.6. The van der Waals surface area contributed by atoms with Crippen molar-refractivity contribution in [3.8, 4) is 90.0 Å². The summed E-state index contributed by atoms with van der Waals surface area (Å²) in [5.41, 5.74) is 23.6. The Bertz CT molecular complexity index is 7870. The number of pyridine rings is 2. The fourth-order valence-corrected chi connectivity index (χ4v) is 20.7. The number of aromatic nitrogens is 8. The first kappa shape index (κ1) is 64.8. The van der Waals surface area contributed by atoms with Crippen LogP contribution in [0.15, 0.2) is 352 Å². The molecular weight excluding hydrogens is 1410 g/mol. The van der Waals surface area contributed by atoms with Gasteiger partial charge in [-0.3, -0.25) is 0 Å². The summed E-state index contributed by atoms with van der Waals surface area (Å²) in [6.45, 7) is 4.64. The smallest absolute Gasteiger partial charge is 0.163 e. The lowest BCUT2D eigenvalue weighted by molar-refractivity contribution is 0.660. The Labute approximate surface area is 657 Å². The molecule has 1 aliphatic carbocycles. The van der Waals surface area contributed by atoms with Gasteiger partial charge in [0.15, 0.2) is 22.9 Å². The van der Waals surface area contributed by atoms with Crippen LogP contribution in [0.25, 0.3) is 218 Å². The number of hydrogen-bond acceptors (Lipinski definition) is 8. The second-order valence-corrected chi connectivity index (χ2v) is 32.1. The molecule has 0 amide bonds. The average Bonchev–Trinajstić information content (AvgIpc) is 1.56. The normalized spacial score (nSPS) is 12.6. The predicted octanol–water partition coefficient (Wildman–Crippen LogP) is 27.6. The van der Waals surface area contributed by atoms with Gasteiger partial charge in [-0.05, 0) is 152 Å². The predicted molar refractivity (Wildman–Crippen MR) is 474 cm³/mol. The van der Waals surface area contributed by atoms with Crippen molar-refractivity contribution in [1.82, 2.24) is 39.0 Å². The lowest BCUT2D eigenvalue weighted by Crippen LogP contribution is -2.15. The molecule has 0 bridgehead atoms. The van der Waals surface area contributed by atoms with Crippen molar-refractivity contribution in [1.29, 1.82) is 0 Å². The minimum absolute atomic E-state index is 0.117. The fraction of sp³-hybridized carbons (Fsp3) is 0.0291. The number of nitrogens with zero attached hydrogens (tertiary/aromatic N) is 8. The first-order valence-electron chi connectivity index (χ1n) is 38.3. The van der Waals surface area contributed by atoms with E-state index in [0.29, 0.717) is 22.9 Å². The van der Waals surface area contributed by atoms with E-state index in [4.69, 9.17) is 29.9 Å². The Morgan fingerprint density at radius 1 is 0.265 bits per heavy atom. The largest absolute Gasteiger partial charge is 0.309 e. The molecule has 0 radical (unpaired) electrons. The number of benzene rings is 15. The van der Waals surface area contributed by atoms with E-state index in [9.17, 15) is 0 Å². The van der Waals surface area contributed by atoms with E-state index in [1.165, 1.54) is 122 Å². The molecule has 0 spiro atoms. The van der Waals surface area contributed by atoms with E-state index in [-0.39, 0.29) is 5.41 Å². The monoisotopic (exact) mass is 1480 g/mol. The van der Waals surface area contributed by atoms with Crippen molar-refractivity contribution in [2.24, 2.45) is 0 Å². The first-order valence-corrected chi connectivity index (χ1v) is 39.9. The Morgan fingerprint density at radius 3 is 1.19 bits per heavy atom. The third kappa shape index (κ3) is 10.1. The van der Waals surface area contributed by atoms with Crippen LogP contribution in [0.2, 0.25) is 0 Å². The molecular formula is C103H64N8S2. The molecule has 23 aromatic rings. The molecule has 0 atom stereocenters. The van der Waals surface area contributed by atoms with Crippen LogP contribution in [0.1, 0.15) is 25.0 Å². The zero-order valence-electron chi connectivity index (χ0n) is 61.4. The Morgan fingerprint density at radius 2 is 0.673 bits per heavy atom. The molecule has 15 aromatic carbocycles. The van der Waals surface area contributed by atoms with Crippen LogP contribution in [-0.2, 0) is 5.41 Å². The van der Waals surface area contributed by atoms with Crippen LogP contribution < -0.4 is 0 Å². The summed E-state index contributed by atoms with van der Waals surface area (Å²) in [5.74, 6) is 1.29. The molecule has 0 fully saturated rings. The molecule has 8 heterocycles. The van der Waals surface area contributed by atoms with Crippen LogP contribution in [0.4, 0.5) is 0 Å². The van der Waals surface area contributed by atoms with Gasteiger partial charge >= 0.3 is 0 Å². The van der Waals surface area contributed by atoms with Crippen LogP contribution >= 0.6 is 22.7 Å². The maximum absolute atomic E-state index is 5.41. The molecule has 1 aliphatic rings. The zero-order valence-corrected chi connectivity index (χ0v) is 63.0. The number of rotatable bonds is 8. The van der Waals surface area contributed by atoms with Crippen molar-refractivity contribution in [2.75, 3.05) is 0 Å². The van der Waals surface area contributed by atoms with Crippen molar-refractivity contribution >= 4 is 150 Å². The van der Waals surface area contributed by atoms with Gasteiger partial charge in [-0.15, -0.1) is 22.7 Å². The lowest BCUT2D eigenvalue weighted by Gasteiger charge is -2.22. The van der Waals surface area contributed by atoms with E-state index in [1.54, 1.807) is 0 Å². The Hall–Kier alpha value is -14.2. The van der Waals surface area contributed by atoms with E-state index in [2.05, 4.69) is 351 Å². The van der Waals surface area contributed by atoms with Gasteiger partial charge in [-0.2, -0.15) is 0 Å². The third-order valence-electron chi connectivity index (χ3n) is 23.2. The van der Waals surface area contributed by atoms with Gasteiger partial charge in [0.1, 0.15) is 0 Å². The summed E-state index contributed by atoms with van der Waals surface area (Å²) in [6.07, 6.45) is 3.63. The van der Waals surface area contributed by atoms with Gasteiger partial charge in [0.2, 0.25) is 0 Å². The second-order valence-electron chi connectivity index (χ2n) is 30.0. The van der Waals surface area contributed by atoms with Crippen LogP contribution in [0.3, 0.4) is 0 Å². The highest BCUT2D eigenvalue weighted by molar-refractivity contribution is 7.27. The molecule has 0 N–H and O–H groups in total. The minimum Gasteiger partial charge on any atom is -0.309 e. The quantitative estimate of drug-likeness (QED) is 0.151. The number of fused-ring (bicyclic) bond motifs is 25. The van der Waals surface area contributed by atoms with Crippen LogP contribution in [-0.4, -0.2) is 39.0 Å². The van der Waals surface area contributed by atoms with E-state index < -0.39 is 0 Å². The minimum atomic E-state index is -0.117. The second kappa shape index (κ2) is 25.5. The molecule has 0 unspecified atom stereocenters. The molecule has 0 saturated heterocycles. The van der Waals surface area contributed by atoms with Crippen molar-refractivity contribution in [3.63, 3.8) is 0 Å². The highest BCUT2D eigenvalue weighted by Gasteiger charge is 2.36. The summed E-state index contributed by atoms with van der Waals surface area (Å²) in [6, 6.07) is 122. The molecule has 0 aliphatic heterocycles. The van der Waals surface area contributed by atoms with Crippen molar-refractivity contribution < 1.29 is 0 Å². The summed E-state index contributed by atoms with van der Waals surface area (Å²) in [5, 5.41) is 17.2. The van der Waals surface area contributed by atoms with E-state index in [1.807, 2.05) is 47.2 Å². The highest BCUT2D eigenvalue weighted by Crippen LogP contribution is 2.53. The first-order chi connectivity index (χ1) is 55.8. The molecule has 10 heteroatoms. The molecule has 528 valence electrons. The number of thiophene rings is 2. The highest BCUT2D eigenvalue weighted by atomic mass is 32.1. The fourth-order valence-electron chi connectivity index (χ4n) is 18.2. The van der Waals surface area contributed by atoms with E-state index in [0.717, 1.165) is 83.6 Å². The van der Waals surface area contributed by atoms with Crippen LogP contribution in [0, 0.1) is 0 Å². The van der Waals surface area contributed by atoms with Gasteiger partial charge in [0.25, 0.3) is 0 Å². The third-order valence-corrected chi connectivity index (χ3v) is 25.6. The summed E-state index contributed by atoms with van der Waals surface area (Å²) >= 11 is 3.78. The lowest BCUT2D eigenvalue weighted by atomic mass is 9.82. The van der Waals surface area contributed by atoms with Crippen LogP contribution in [0.5, 0.6) is 0 Å². The molecule has 0 saturated carbocycles. The SMILES string of the molecule is CC1(C)c2ccccc2-c2ccc(-c3nc(-c4cccc(-n5c6ccccc6c6c7sc8ccccc8c7c7ccccc7c65)c4)nc4ncccc34)cc21.c1ccc(-c2cc(-c3ccccc3)cc(-c3nc(-c4cccc(-n5c6ccccc6c6c7sc8ccccc8c7c7ccccc7c65)c4)nc4ncccc34)c2)cc1. The van der Waals surface area contributed by atoms with Gasteiger partial charge in [-0.25, -0.2) is 29.9 Å². The number of para-hydroxylation sites is 2. The van der Waals surface area contributed by atoms with Gasteiger partial charge < -0.3 is 9.13 Å². The maximum Gasteiger partial charge on any atom is 0.163 e. The summed E-state index contributed by atoms with van der Waals surface area (Å²) in [7, 11) is 0. The van der Waals surface area contributed by atoms with Gasteiger partial charge in [-0.1, -0.05) is 257 Å². The Kier molecular flexibility index (Phi) is 14.6. The van der Waals surface area contributed by atoms with Gasteiger partial charge in [0, 0.05) is 135 Å². The average molecular weight is 1480 g/mol. The van der Waals surface area contributed by atoms with Crippen molar-refractivity contribution in [2.45, 2.75) is 19.3 Å². The summed E-state index contributed by atoms with van der Waals surface area (Å²) < 4.78 is 10.1.